The fraction of sp³-hybridized carbons (Fsp3) is 0.308. The van der Waals surface area contributed by atoms with Gasteiger partial charge < -0.3 is 4.31 Å². The van der Waals surface area contributed by atoms with Crippen LogP contribution >= 0.6 is 35.3 Å². The molecule has 0 fully saturated rings. The Morgan fingerprint density at radius 3 is 2.33 bits per heavy atom. The summed E-state index contributed by atoms with van der Waals surface area (Å²) in [6.07, 6.45) is 2.71. The molecule has 0 saturated heterocycles. The average Bonchev–Trinajstić information content (AvgIpc) is 2.80. The van der Waals surface area contributed by atoms with Gasteiger partial charge in [0.05, 0.1) is 11.7 Å². The Balaban J connectivity index is 1.94. The van der Waals surface area contributed by atoms with E-state index in [1.54, 1.807) is 28.6 Å². The van der Waals surface area contributed by atoms with Crippen molar-refractivity contribution in [2.75, 3.05) is 15.8 Å². The van der Waals surface area contributed by atoms with Crippen LogP contribution in [0, 0.1) is 17.5 Å². The highest BCUT2D eigenvalue weighted by Crippen LogP contribution is 2.40. The van der Waals surface area contributed by atoms with Crippen molar-refractivity contribution in [1.29, 1.82) is 0 Å². The second-order valence-corrected chi connectivity index (χ2v) is 10.5. The summed E-state index contributed by atoms with van der Waals surface area (Å²) in [6.45, 7) is 4.06. The van der Waals surface area contributed by atoms with Crippen molar-refractivity contribution < 1.29 is 13.2 Å². The molecule has 0 radical (unpaired) electrons. The highest BCUT2D eigenvalue weighted by molar-refractivity contribution is 8.00. The maximum atomic E-state index is 14.8. The number of aryl methyl sites for hydroxylation is 1. The smallest absolute Gasteiger partial charge is 0.147 e. The van der Waals surface area contributed by atoms with E-state index in [0.29, 0.717) is 5.02 Å². The summed E-state index contributed by atoms with van der Waals surface area (Å²) in [5.41, 5.74) is 1.92. The molecule has 0 heterocycles. The van der Waals surface area contributed by atoms with Gasteiger partial charge >= 0.3 is 0 Å². The lowest BCUT2D eigenvalue weighted by Crippen LogP contribution is -2.22. The molecule has 3 aromatic rings. The van der Waals surface area contributed by atoms with E-state index in [1.165, 1.54) is 24.1 Å². The van der Waals surface area contributed by atoms with Gasteiger partial charge in [0.15, 0.2) is 0 Å². The first-order valence-electron chi connectivity index (χ1n) is 10.9. The van der Waals surface area contributed by atoms with Gasteiger partial charge in [0.25, 0.3) is 0 Å². The Kier molecular flexibility index (Phi) is 9.90. The van der Waals surface area contributed by atoms with Crippen LogP contribution in [0.4, 0.5) is 18.9 Å². The standard InChI is InChI=1S/C26H27ClF3NS2/c1-3-32-15-5-4-6-19-16-21(28)9-13-24(19)18(2)31(26-17-22(29)10-14-25(26)30)33-23-11-7-20(27)8-12-23/h7-14,16-18H,3-6,15H2,1-2H3. The lowest BCUT2D eigenvalue weighted by atomic mass is 9.97. The quantitative estimate of drug-likeness (QED) is 0.187. The van der Waals surface area contributed by atoms with Crippen LogP contribution in [0.5, 0.6) is 0 Å². The number of hydrogen-bond acceptors (Lipinski definition) is 3. The molecule has 3 rings (SSSR count). The van der Waals surface area contributed by atoms with Gasteiger partial charge in [-0.1, -0.05) is 24.6 Å². The molecule has 3 aromatic carbocycles. The second-order valence-electron chi connectivity index (χ2n) is 7.64. The van der Waals surface area contributed by atoms with E-state index in [9.17, 15) is 13.2 Å². The first-order valence-corrected chi connectivity index (χ1v) is 13.2. The van der Waals surface area contributed by atoms with Crippen molar-refractivity contribution >= 4 is 41.0 Å². The summed E-state index contributed by atoms with van der Waals surface area (Å²) in [5.74, 6) is 0.818. The van der Waals surface area contributed by atoms with Gasteiger partial charge in [-0.2, -0.15) is 11.8 Å². The fourth-order valence-corrected chi connectivity index (χ4v) is 5.41. The number of benzene rings is 3. The molecule has 0 bridgehead atoms. The third-order valence-corrected chi connectivity index (χ3v) is 7.69. The number of rotatable bonds is 11. The Morgan fingerprint density at radius 2 is 1.61 bits per heavy atom. The summed E-state index contributed by atoms with van der Waals surface area (Å²) in [5, 5.41) is 0.595. The molecule has 0 aliphatic heterocycles. The Morgan fingerprint density at radius 1 is 0.909 bits per heavy atom. The van der Waals surface area contributed by atoms with Crippen LogP contribution in [0.1, 0.15) is 43.9 Å². The minimum atomic E-state index is -0.523. The summed E-state index contributed by atoms with van der Waals surface area (Å²) in [7, 11) is 0. The minimum absolute atomic E-state index is 0.136. The first kappa shape index (κ1) is 25.9. The average molecular weight is 510 g/mol. The van der Waals surface area contributed by atoms with E-state index < -0.39 is 11.6 Å². The first-order chi connectivity index (χ1) is 15.9. The van der Waals surface area contributed by atoms with E-state index in [-0.39, 0.29) is 17.5 Å². The number of nitrogens with zero attached hydrogens (tertiary/aromatic N) is 1. The SMILES string of the molecule is CCSCCCCc1cc(F)ccc1C(C)N(Sc1ccc(Cl)cc1)c1cc(F)ccc1F. The molecular formula is C26H27ClF3NS2. The van der Waals surface area contributed by atoms with Crippen molar-refractivity contribution in [2.45, 2.75) is 44.0 Å². The molecule has 1 nitrogen and oxygen atoms in total. The summed E-state index contributed by atoms with van der Waals surface area (Å²) in [4.78, 5) is 0.829. The second kappa shape index (κ2) is 12.6. The zero-order valence-corrected chi connectivity index (χ0v) is 21.1. The largest absolute Gasteiger partial charge is 0.302 e. The van der Waals surface area contributed by atoms with Gasteiger partial charge in [-0.25, -0.2) is 13.2 Å². The minimum Gasteiger partial charge on any atom is -0.302 e. The summed E-state index contributed by atoms with van der Waals surface area (Å²) >= 11 is 9.20. The Bertz CT molecular complexity index is 1050. The monoisotopic (exact) mass is 509 g/mol. The number of thioether (sulfide) groups is 1. The summed E-state index contributed by atoms with van der Waals surface area (Å²) in [6, 6.07) is 15.0. The highest BCUT2D eigenvalue weighted by atomic mass is 35.5. The molecule has 0 spiro atoms. The molecule has 0 N–H and O–H groups in total. The molecule has 0 saturated carbocycles. The number of unbranched alkanes of at least 4 members (excludes halogenated alkanes) is 1. The zero-order valence-electron chi connectivity index (χ0n) is 18.7. The van der Waals surface area contributed by atoms with Gasteiger partial charge in [-0.15, -0.1) is 0 Å². The molecule has 7 heteroatoms. The predicted molar refractivity (Wildman–Crippen MR) is 137 cm³/mol. The highest BCUT2D eigenvalue weighted by Gasteiger charge is 2.24. The van der Waals surface area contributed by atoms with Crippen molar-refractivity contribution in [3.63, 3.8) is 0 Å². The van der Waals surface area contributed by atoms with E-state index >= 15 is 0 Å². The molecule has 1 atom stereocenters. The van der Waals surface area contributed by atoms with Crippen molar-refractivity contribution in [3.05, 3.63) is 94.3 Å². The lowest BCUT2D eigenvalue weighted by molar-refractivity contribution is 0.595. The van der Waals surface area contributed by atoms with Crippen LogP contribution in [0.25, 0.3) is 0 Å². The van der Waals surface area contributed by atoms with Gasteiger partial charge in [0, 0.05) is 16.0 Å². The van der Waals surface area contributed by atoms with Gasteiger partial charge in [0.1, 0.15) is 17.5 Å². The van der Waals surface area contributed by atoms with Crippen molar-refractivity contribution in [1.82, 2.24) is 0 Å². The van der Waals surface area contributed by atoms with Crippen LogP contribution in [0.15, 0.2) is 65.6 Å². The number of anilines is 1. The molecule has 0 aliphatic carbocycles. The molecule has 0 aliphatic rings. The van der Waals surface area contributed by atoms with Gasteiger partial charge in [-0.3, -0.25) is 0 Å². The molecule has 0 aromatic heterocycles. The predicted octanol–water partition coefficient (Wildman–Crippen LogP) is 9.11. The molecule has 33 heavy (non-hydrogen) atoms. The normalized spacial score (nSPS) is 12.1. The van der Waals surface area contributed by atoms with E-state index in [1.807, 2.05) is 30.8 Å². The third kappa shape index (κ3) is 7.36. The van der Waals surface area contributed by atoms with Crippen LogP contribution < -0.4 is 4.31 Å². The Labute approximate surface area is 207 Å². The van der Waals surface area contributed by atoms with Crippen LogP contribution in [0.2, 0.25) is 5.02 Å². The maximum Gasteiger partial charge on any atom is 0.147 e. The van der Waals surface area contributed by atoms with E-state index in [4.69, 9.17) is 11.6 Å². The lowest BCUT2D eigenvalue weighted by Gasteiger charge is -2.32. The maximum absolute atomic E-state index is 14.8. The van der Waals surface area contributed by atoms with E-state index in [0.717, 1.165) is 58.9 Å². The molecular weight excluding hydrogens is 483 g/mol. The molecule has 176 valence electrons. The topological polar surface area (TPSA) is 3.24 Å². The van der Waals surface area contributed by atoms with E-state index in [2.05, 4.69) is 6.92 Å². The number of hydrogen-bond donors (Lipinski definition) is 0. The Hall–Kier alpha value is -1.76. The van der Waals surface area contributed by atoms with Crippen molar-refractivity contribution in [2.24, 2.45) is 0 Å². The van der Waals surface area contributed by atoms with Crippen LogP contribution in [-0.2, 0) is 6.42 Å². The summed E-state index contributed by atoms with van der Waals surface area (Å²) < 4.78 is 44.8. The molecule has 1 unspecified atom stereocenters. The third-order valence-electron chi connectivity index (χ3n) is 5.26. The number of halogens is 4. The fourth-order valence-electron chi connectivity index (χ4n) is 3.59. The zero-order chi connectivity index (χ0) is 23.8. The molecule has 0 amide bonds. The van der Waals surface area contributed by atoms with Crippen LogP contribution in [-0.4, -0.2) is 11.5 Å². The van der Waals surface area contributed by atoms with Gasteiger partial charge in [-0.05, 0) is 109 Å². The van der Waals surface area contributed by atoms with Gasteiger partial charge in [0.2, 0.25) is 0 Å². The van der Waals surface area contributed by atoms with Crippen molar-refractivity contribution in [3.8, 4) is 0 Å². The van der Waals surface area contributed by atoms with Crippen LogP contribution in [0.3, 0.4) is 0 Å².